The lowest BCUT2D eigenvalue weighted by Gasteiger charge is -2.16. The third kappa shape index (κ3) is 2.83. The van der Waals surface area contributed by atoms with Crippen molar-refractivity contribution >= 4 is 23.5 Å². The van der Waals surface area contributed by atoms with Crippen LogP contribution in [0.1, 0.15) is 12.8 Å². The number of rotatable bonds is 4. The second-order valence-corrected chi connectivity index (χ2v) is 6.52. The molecule has 0 radical (unpaired) electrons. The summed E-state index contributed by atoms with van der Waals surface area (Å²) in [5.74, 6) is -0.643. The minimum Gasteiger partial charge on any atom is -0.324 e. The van der Waals surface area contributed by atoms with E-state index < -0.39 is 0 Å². The average molecular weight is 349 g/mol. The molecule has 2 heterocycles. The van der Waals surface area contributed by atoms with E-state index in [9.17, 15) is 14.4 Å². The van der Waals surface area contributed by atoms with Gasteiger partial charge in [0.15, 0.2) is 0 Å². The number of nitrogens with zero attached hydrogens (tertiary/aromatic N) is 2. The zero-order chi connectivity index (χ0) is 18.1. The molecule has 2 aromatic rings. The summed E-state index contributed by atoms with van der Waals surface area (Å²) in [5.41, 5.74) is 2.53. The highest BCUT2D eigenvalue weighted by Crippen LogP contribution is 2.29. The summed E-state index contributed by atoms with van der Waals surface area (Å²) in [7, 11) is 0. The van der Waals surface area contributed by atoms with Crippen LogP contribution in [0.5, 0.6) is 0 Å². The van der Waals surface area contributed by atoms with Gasteiger partial charge in [-0.25, -0.2) is 4.79 Å². The van der Waals surface area contributed by atoms with Gasteiger partial charge >= 0.3 is 6.03 Å². The van der Waals surface area contributed by atoms with Gasteiger partial charge in [-0.05, 0) is 24.5 Å². The third-order valence-corrected chi connectivity index (χ3v) is 4.87. The van der Waals surface area contributed by atoms with Gasteiger partial charge < -0.3 is 10.2 Å². The summed E-state index contributed by atoms with van der Waals surface area (Å²) in [5, 5.41) is 2.84. The Morgan fingerprint density at radius 1 is 1.04 bits per heavy atom. The number of hydrogen-bond donors (Lipinski definition) is 1. The summed E-state index contributed by atoms with van der Waals surface area (Å²) in [4.78, 5) is 39.8. The van der Waals surface area contributed by atoms with Gasteiger partial charge in [-0.3, -0.25) is 14.5 Å². The Hall–Kier alpha value is -3.15. The van der Waals surface area contributed by atoms with Crippen LogP contribution in [0.2, 0.25) is 0 Å². The van der Waals surface area contributed by atoms with Crippen molar-refractivity contribution in [2.45, 2.75) is 18.9 Å². The Morgan fingerprint density at radius 2 is 1.77 bits per heavy atom. The highest BCUT2D eigenvalue weighted by molar-refractivity contribution is 6.08. The van der Waals surface area contributed by atoms with Crippen LogP contribution in [-0.4, -0.2) is 46.8 Å². The molecular formula is C20H19N3O3. The smallest absolute Gasteiger partial charge is 0.324 e. The number of benzene rings is 2. The van der Waals surface area contributed by atoms with Gasteiger partial charge in [-0.1, -0.05) is 48.5 Å². The maximum atomic E-state index is 12.5. The molecule has 26 heavy (non-hydrogen) atoms. The van der Waals surface area contributed by atoms with Gasteiger partial charge in [0.2, 0.25) is 5.91 Å². The predicted octanol–water partition coefficient (Wildman–Crippen LogP) is 2.72. The van der Waals surface area contributed by atoms with Crippen molar-refractivity contribution in [2.24, 2.45) is 0 Å². The summed E-state index contributed by atoms with van der Waals surface area (Å²) in [6.07, 6.45) is 1.52. The molecule has 0 bridgehead atoms. The topological polar surface area (TPSA) is 69.7 Å². The summed E-state index contributed by atoms with van der Waals surface area (Å²) in [6.45, 7) is 0.331. The van der Waals surface area contributed by atoms with Crippen molar-refractivity contribution < 1.29 is 14.4 Å². The molecule has 1 unspecified atom stereocenters. The second-order valence-electron chi connectivity index (χ2n) is 6.52. The maximum Gasteiger partial charge on any atom is 0.327 e. The van der Waals surface area contributed by atoms with E-state index in [1.165, 1.54) is 0 Å². The van der Waals surface area contributed by atoms with Gasteiger partial charge in [-0.2, -0.15) is 0 Å². The highest BCUT2D eigenvalue weighted by atomic mass is 16.2. The molecule has 6 nitrogen and oxygen atoms in total. The van der Waals surface area contributed by atoms with Crippen molar-refractivity contribution in [3.05, 3.63) is 54.6 Å². The molecule has 1 atom stereocenters. The summed E-state index contributed by atoms with van der Waals surface area (Å²) >= 11 is 0. The molecule has 0 aromatic heterocycles. The predicted molar refractivity (Wildman–Crippen MR) is 97.3 cm³/mol. The first-order valence-electron chi connectivity index (χ1n) is 8.71. The van der Waals surface area contributed by atoms with Gasteiger partial charge in [-0.15, -0.1) is 0 Å². The quantitative estimate of drug-likeness (QED) is 0.863. The Bertz CT molecular complexity index is 844. The Kier molecular flexibility index (Phi) is 4.16. The molecule has 4 amide bonds. The summed E-state index contributed by atoms with van der Waals surface area (Å²) in [6, 6.07) is 16.5. The van der Waals surface area contributed by atoms with Crippen LogP contribution < -0.4 is 5.32 Å². The molecule has 0 spiro atoms. The average Bonchev–Trinajstić information content (AvgIpc) is 3.23. The number of nitrogens with one attached hydrogen (secondary N) is 1. The van der Waals surface area contributed by atoms with Crippen molar-refractivity contribution in [3.63, 3.8) is 0 Å². The first-order chi connectivity index (χ1) is 12.6. The van der Waals surface area contributed by atoms with Crippen LogP contribution in [0.25, 0.3) is 11.1 Å². The van der Waals surface area contributed by atoms with Crippen LogP contribution in [-0.2, 0) is 9.59 Å². The molecule has 2 aliphatic rings. The molecule has 132 valence electrons. The lowest BCUT2D eigenvalue weighted by Crippen LogP contribution is -2.39. The van der Waals surface area contributed by atoms with E-state index >= 15 is 0 Å². The van der Waals surface area contributed by atoms with Crippen molar-refractivity contribution in [1.82, 2.24) is 9.80 Å². The number of anilines is 1. The normalized spacial score (nSPS) is 19.0. The SMILES string of the molecule is O=C(CN1C(=O)C2CCCN2C1=O)Nc1ccccc1-c1ccccc1. The van der Waals surface area contributed by atoms with Crippen LogP contribution in [0.15, 0.2) is 54.6 Å². The molecule has 2 aromatic carbocycles. The van der Waals surface area contributed by atoms with Crippen molar-refractivity contribution in [1.29, 1.82) is 0 Å². The van der Waals surface area contributed by atoms with E-state index in [2.05, 4.69) is 5.32 Å². The minimum absolute atomic E-state index is 0.256. The van der Waals surface area contributed by atoms with Crippen LogP contribution in [0.4, 0.5) is 10.5 Å². The van der Waals surface area contributed by atoms with Gasteiger partial charge in [0.05, 0.1) is 0 Å². The van der Waals surface area contributed by atoms with Crippen LogP contribution in [0, 0.1) is 0 Å². The largest absolute Gasteiger partial charge is 0.327 e. The second kappa shape index (κ2) is 6.63. The molecule has 6 heteroatoms. The van der Waals surface area contributed by atoms with E-state index in [-0.39, 0.29) is 30.4 Å². The third-order valence-electron chi connectivity index (χ3n) is 4.87. The summed E-state index contributed by atoms with van der Waals surface area (Å²) < 4.78 is 0. The number of imide groups is 1. The number of fused-ring (bicyclic) bond motifs is 1. The van der Waals surface area contributed by atoms with Crippen LogP contribution >= 0.6 is 0 Å². The molecule has 0 saturated carbocycles. The fourth-order valence-electron chi connectivity index (χ4n) is 3.62. The van der Waals surface area contributed by atoms with Crippen LogP contribution in [0.3, 0.4) is 0 Å². The highest BCUT2D eigenvalue weighted by Gasteiger charge is 2.47. The fraction of sp³-hybridized carbons (Fsp3) is 0.250. The Balaban J connectivity index is 1.50. The molecule has 1 N–H and O–H groups in total. The number of carbonyl (C=O) groups excluding carboxylic acids is 3. The maximum absolute atomic E-state index is 12.5. The fourth-order valence-corrected chi connectivity index (χ4v) is 3.62. The number of amides is 4. The molecule has 4 rings (SSSR count). The molecule has 2 fully saturated rings. The van der Waals surface area contributed by atoms with E-state index in [1.54, 1.807) is 4.90 Å². The van der Waals surface area contributed by atoms with Gasteiger partial charge in [0, 0.05) is 17.8 Å². The number of urea groups is 1. The molecular weight excluding hydrogens is 330 g/mol. The number of carbonyl (C=O) groups is 3. The number of para-hydroxylation sites is 1. The van der Waals surface area contributed by atoms with E-state index in [0.29, 0.717) is 18.7 Å². The molecule has 2 saturated heterocycles. The Morgan fingerprint density at radius 3 is 2.54 bits per heavy atom. The minimum atomic E-state index is -0.382. The van der Waals surface area contributed by atoms with Gasteiger partial charge in [0.1, 0.15) is 12.6 Å². The standard InChI is InChI=1S/C20H19N3O3/c24-18(13-23-19(25)17-11-6-12-22(17)20(23)26)21-16-10-5-4-9-15(16)14-7-2-1-3-8-14/h1-5,7-10,17H,6,11-13H2,(H,21,24). The molecule has 0 aliphatic carbocycles. The van der Waals surface area contributed by atoms with Crippen molar-refractivity contribution in [2.75, 3.05) is 18.4 Å². The van der Waals surface area contributed by atoms with E-state index in [0.717, 1.165) is 22.4 Å². The lowest BCUT2D eigenvalue weighted by molar-refractivity contribution is -0.131. The Labute approximate surface area is 151 Å². The zero-order valence-electron chi connectivity index (χ0n) is 14.2. The monoisotopic (exact) mass is 349 g/mol. The first-order valence-corrected chi connectivity index (χ1v) is 8.71. The lowest BCUT2D eigenvalue weighted by atomic mass is 10.0. The van der Waals surface area contributed by atoms with E-state index in [1.807, 2.05) is 54.6 Å². The number of hydrogen-bond acceptors (Lipinski definition) is 3. The zero-order valence-corrected chi connectivity index (χ0v) is 14.2. The van der Waals surface area contributed by atoms with Crippen molar-refractivity contribution in [3.8, 4) is 11.1 Å². The first kappa shape index (κ1) is 16.3. The van der Waals surface area contributed by atoms with E-state index in [4.69, 9.17) is 0 Å². The molecule has 2 aliphatic heterocycles. The van der Waals surface area contributed by atoms with Gasteiger partial charge in [0.25, 0.3) is 5.91 Å².